The van der Waals surface area contributed by atoms with E-state index in [2.05, 4.69) is 26.2 Å². The molecule has 1 aromatic carbocycles. The number of nitrogens with zero attached hydrogens (tertiary/aromatic N) is 1. The minimum atomic E-state index is -0.858. The average Bonchev–Trinajstić information content (AvgIpc) is 2.70. The van der Waals surface area contributed by atoms with Crippen molar-refractivity contribution in [3.63, 3.8) is 0 Å². The Labute approximate surface area is 111 Å². The van der Waals surface area contributed by atoms with Gasteiger partial charge in [0.2, 0.25) is 0 Å². The lowest BCUT2D eigenvalue weighted by molar-refractivity contribution is -0.137. The zero-order chi connectivity index (χ0) is 12.3. The third-order valence-corrected chi connectivity index (χ3v) is 3.71. The summed E-state index contributed by atoms with van der Waals surface area (Å²) < 4.78 is 1.05. The first-order valence-corrected chi connectivity index (χ1v) is 7.05. The van der Waals surface area contributed by atoms with E-state index in [1.54, 1.807) is 0 Å². The van der Waals surface area contributed by atoms with Crippen LogP contribution in [0.1, 0.15) is 6.42 Å². The number of para-hydroxylation sites is 1. The van der Waals surface area contributed by atoms with Crippen LogP contribution in [0.3, 0.4) is 0 Å². The third kappa shape index (κ3) is 2.95. The molecule has 2 rings (SSSR count). The van der Waals surface area contributed by atoms with Gasteiger partial charge in [-0.3, -0.25) is 0 Å². The Balaban J connectivity index is 2.19. The third-order valence-electron chi connectivity index (χ3n) is 2.29. The number of carboxylic acids is 1. The molecule has 1 atom stereocenters. The van der Waals surface area contributed by atoms with E-state index in [-0.39, 0.29) is 0 Å². The lowest BCUT2D eigenvalue weighted by Crippen LogP contribution is -2.29. The quantitative estimate of drug-likeness (QED) is 0.833. The number of alkyl halides is 1. The van der Waals surface area contributed by atoms with Crippen molar-refractivity contribution in [2.45, 2.75) is 12.5 Å². The Morgan fingerprint density at radius 3 is 2.94 bits per heavy atom. The first-order valence-electron chi connectivity index (χ1n) is 5.11. The van der Waals surface area contributed by atoms with Crippen LogP contribution in [-0.4, -0.2) is 27.4 Å². The summed E-state index contributed by atoms with van der Waals surface area (Å²) >= 11 is 4.71. The fourth-order valence-corrected chi connectivity index (χ4v) is 2.83. The van der Waals surface area contributed by atoms with Crippen molar-refractivity contribution in [3.05, 3.63) is 24.3 Å². The Bertz CT molecular complexity index is 496. The second kappa shape index (κ2) is 5.46. The first-order chi connectivity index (χ1) is 8.20. The van der Waals surface area contributed by atoms with E-state index in [1.165, 1.54) is 11.3 Å². The normalized spacial score (nSPS) is 12.5. The maximum absolute atomic E-state index is 11.0. The Morgan fingerprint density at radius 2 is 2.29 bits per heavy atom. The van der Waals surface area contributed by atoms with Crippen molar-refractivity contribution < 1.29 is 9.90 Å². The van der Waals surface area contributed by atoms with Crippen LogP contribution in [0.25, 0.3) is 10.2 Å². The van der Waals surface area contributed by atoms with Gasteiger partial charge < -0.3 is 10.4 Å². The van der Waals surface area contributed by atoms with E-state index in [9.17, 15) is 4.79 Å². The van der Waals surface area contributed by atoms with Crippen molar-refractivity contribution in [3.8, 4) is 0 Å². The number of fused-ring (bicyclic) bond motifs is 1. The number of anilines is 1. The number of carbonyl (C=O) groups is 1. The molecule has 0 fully saturated rings. The van der Waals surface area contributed by atoms with Crippen molar-refractivity contribution in [2.75, 3.05) is 10.6 Å². The fraction of sp³-hybridized carbons (Fsp3) is 0.273. The van der Waals surface area contributed by atoms with Crippen molar-refractivity contribution in [1.82, 2.24) is 4.98 Å². The SMILES string of the molecule is O=C(O)[C@H](CCBr)Nc1nc2ccccc2s1. The Kier molecular flexibility index (Phi) is 3.96. The van der Waals surface area contributed by atoms with Gasteiger partial charge in [-0.2, -0.15) is 0 Å². The molecule has 0 spiro atoms. The number of nitrogens with one attached hydrogen (secondary N) is 1. The number of benzene rings is 1. The molecule has 0 unspecified atom stereocenters. The van der Waals surface area contributed by atoms with Gasteiger partial charge >= 0.3 is 5.97 Å². The van der Waals surface area contributed by atoms with Crippen LogP contribution in [0.2, 0.25) is 0 Å². The highest BCUT2D eigenvalue weighted by atomic mass is 79.9. The lowest BCUT2D eigenvalue weighted by atomic mass is 10.2. The number of aliphatic carboxylic acids is 1. The second-order valence-corrected chi connectivity index (χ2v) is 5.32. The van der Waals surface area contributed by atoms with Crippen molar-refractivity contribution in [2.24, 2.45) is 0 Å². The van der Waals surface area contributed by atoms with E-state index in [4.69, 9.17) is 5.11 Å². The standard InChI is InChI=1S/C11H11BrN2O2S/c12-6-5-8(10(15)16)14-11-13-7-3-1-2-4-9(7)17-11/h1-4,8H,5-6H2,(H,13,14)(H,15,16)/t8-/m0/s1. The van der Waals surface area contributed by atoms with E-state index in [0.29, 0.717) is 16.9 Å². The molecule has 0 radical (unpaired) electrons. The van der Waals surface area contributed by atoms with Gasteiger partial charge in [0, 0.05) is 5.33 Å². The van der Waals surface area contributed by atoms with E-state index < -0.39 is 12.0 Å². The summed E-state index contributed by atoms with van der Waals surface area (Å²) in [6.45, 7) is 0. The summed E-state index contributed by atoms with van der Waals surface area (Å²) in [7, 11) is 0. The topological polar surface area (TPSA) is 62.2 Å². The molecule has 2 aromatic rings. The number of thiazole rings is 1. The summed E-state index contributed by atoms with van der Waals surface area (Å²) in [4.78, 5) is 15.3. The summed E-state index contributed by atoms with van der Waals surface area (Å²) in [6, 6.07) is 7.14. The number of aromatic nitrogens is 1. The fourth-order valence-electron chi connectivity index (χ4n) is 1.45. The van der Waals surface area contributed by atoms with Gasteiger partial charge in [0.1, 0.15) is 6.04 Å². The van der Waals surface area contributed by atoms with Gasteiger partial charge in [-0.25, -0.2) is 9.78 Å². The maximum Gasteiger partial charge on any atom is 0.326 e. The largest absolute Gasteiger partial charge is 0.480 e. The monoisotopic (exact) mass is 314 g/mol. The molecule has 0 bridgehead atoms. The molecule has 0 aliphatic heterocycles. The molecule has 1 aromatic heterocycles. The summed E-state index contributed by atoms with van der Waals surface area (Å²) in [5.74, 6) is -0.858. The molecule has 4 nitrogen and oxygen atoms in total. The minimum absolute atomic E-state index is 0.519. The summed E-state index contributed by atoms with van der Waals surface area (Å²) in [5, 5.41) is 13.3. The molecule has 6 heteroatoms. The summed E-state index contributed by atoms with van der Waals surface area (Å²) in [6.07, 6.45) is 0.519. The number of carboxylic acid groups (broad SMARTS) is 1. The highest BCUT2D eigenvalue weighted by molar-refractivity contribution is 9.09. The van der Waals surface area contributed by atoms with Gasteiger partial charge in [-0.05, 0) is 18.6 Å². The first kappa shape index (κ1) is 12.3. The Hall–Kier alpha value is -1.14. The smallest absolute Gasteiger partial charge is 0.326 e. The van der Waals surface area contributed by atoms with Crippen LogP contribution < -0.4 is 5.32 Å². The van der Waals surface area contributed by atoms with E-state index in [0.717, 1.165) is 10.2 Å². The highest BCUT2D eigenvalue weighted by Crippen LogP contribution is 2.26. The molecule has 0 saturated carbocycles. The molecule has 0 aliphatic carbocycles. The molecule has 0 amide bonds. The van der Waals surface area contributed by atoms with Crippen LogP contribution in [0, 0.1) is 0 Å². The Morgan fingerprint density at radius 1 is 1.53 bits per heavy atom. The second-order valence-electron chi connectivity index (χ2n) is 3.50. The predicted octanol–water partition coefficient (Wildman–Crippen LogP) is 2.95. The molecule has 2 N–H and O–H groups in total. The van der Waals surface area contributed by atoms with Gasteiger partial charge in [-0.1, -0.05) is 39.4 Å². The van der Waals surface area contributed by atoms with Gasteiger partial charge in [-0.15, -0.1) is 0 Å². The van der Waals surface area contributed by atoms with Crippen molar-refractivity contribution in [1.29, 1.82) is 0 Å². The predicted molar refractivity (Wildman–Crippen MR) is 73.1 cm³/mol. The van der Waals surface area contributed by atoms with Crippen molar-refractivity contribution >= 4 is 48.6 Å². The number of hydrogen-bond donors (Lipinski definition) is 2. The average molecular weight is 315 g/mol. The van der Waals surface area contributed by atoms with E-state index >= 15 is 0 Å². The zero-order valence-electron chi connectivity index (χ0n) is 8.89. The number of hydrogen-bond acceptors (Lipinski definition) is 4. The lowest BCUT2D eigenvalue weighted by Gasteiger charge is -2.11. The molecule has 0 saturated heterocycles. The highest BCUT2D eigenvalue weighted by Gasteiger charge is 2.17. The minimum Gasteiger partial charge on any atom is -0.480 e. The molecule has 90 valence electrons. The van der Waals surface area contributed by atoms with Crippen LogP contribution in [0.5, 0.6) is 0 Å². The molecular weight excluding hydrogens is 304 g/mol. The van der Waals surface area contributed by atoms with Gasteiger partial charge in [0.05, 0.1) is 10.2 Å². The van der Waals surface area contributed by atoms with Crippen LogP contribution >= 0.6 is 27.3 Å². The van der Waals surface area contributed by atoms with Gasteiger partial charge in [0.15, 0.2) is 5.13 Å². The van der Waals surface area contributed by atoms with Crippen LogP contribution in [-0.2, 0) is 4.79 Å². The number of halogens is 1. The molecule has 0 aliphatic rings. The molecule has 1 heterocycles. The van der Waals surface area contributed by atoms with Crippen LogP contribution in [0.4, 0.5) is 5.13 Å². The van der Waals surface area contributed by atoms with Gasteiger partial charge in [0.25, 0.3) is 0 Å². The zero-order valence-corrected chi connectivity index (χ0v) is 11.3. The van der Waals surface area contributed by atoms with E-state index in [1.807, 2.05) is 24.3 Å². The van der Waals surface area contributed by atoms with Crippen LogP contribution in [0.15, 0.2) is 24.3 Å². The molecule has 17 heavy (non-hydrogen) atoms. The number of rotatable bonds is 5. The molecular formula is C11H11BrN2O2S. The maximum atomic E-state index is 11.0. The summed E-state index contributed by atoms with van der Waals surface area (Å²) in [5.41, 5.74) is 0.892.